The highest BCUT2D eigenvalue weighted by molar-refractivity contribution is 7.89. The van der Waals surface area contributed by atoms with Gasteiger partial charge >= 0.3 is 0 Å². The van der Waals surface area contributed by atoms with Crippen LogP contribution in [0.5, 0.6) is 0 Å². The van der Waals surface area contributed by atoms with Crippen LogP contribution in [0.4, 0.5) is 5.82 Å². The van der Waals surface area contributed by atoms with Crippen molar-refractivity contribution in [3.8, 4) is 0 Å². The van der Waals surface area contributed by atoms with Crippen LogP contribution in [-0.4, -0.2) is 81.6 Å². The lowest BCUT2D eigenvalue weighted by molar-refractivity contribution is 0.0730. The zero-order valence-electron chi connectivity index (χ0n) is 16.6. The number of hydrogen-bond donors (Lipinski definition) is 0. The van der Waals surface area contributed by atoms with E-state index in [-0.39, 0.29) is 4.90 Å². The molecule has 0 bridgehead atoms. The van der Waals surface area contributed by atoms with E-state index in [1.165, 1.54) is 16.1 Å². The number of hydrogen-bond acceptors (Lipinski definition) is 6. The van der Waals surface area contributed by atoms with Crippen LogP contribution in [0.2, 0.25) is 0 Å². The van der Waals surface area contributed by atoms with Crippen molar-refractivity contribution >= 4 is 15.8 Å². The van der Waals surface area contributed by atoms with Gasteiger partial charge in [-0.1, -0.05) is 30.3 Å². The molecule has 1 aromatic heterocycles. The molecule has 0 aliphatic carbocycles. The van der Waals surface area contributed by atoms with Crippen LogP contribution >= 0.6 is 0 Å². The van der Waals surface area contributed by atoms with Crippen molar-refractivity contribution in [2.75, 3.05) is 63.9 Å². The summed E-state index contributed by atoms with van der Waals surface area (Å²) in [5.74, 6) is 0.841. The van der Waals surface area contributed by atoms with E-state index in [2.05, 4.69) is 39.0 Å². The van der Waals surface area contributed by atoms with E-state index < -0.39 is 10.0 Å². The van der Waals surface area contributed by atoms with Crippen LogP contribution in [0.1, 0.15) is 5.56 Å². The van der Waals surface area contributed by atoms with Crippen molar-refractivity contribution in [3.05, 3.63) is 54.2 Å². The van der Waals surface area contributed by atoms with Crippen molar-refractivity contribution in [1.82, 2.24) is 14.2 Å². The van der Waals surface area contributed by atoms with Crippen LogP contribution in [0, 0.1) is 0 Å². The molecule has 0 amide bonds. The Morgan fingerprint density at radius 3 is 2.28 bits per heavy atom. The summed E-state index contributed by atoms with van der Waals surface area (Å²) in [6.07, 6.45) is 2.55. The van der Waals surface area contributed by atoms with Crippen molar-refractivity contribution in [2.24, 2.45) is 0 Å². The molecule has 2 aliphatic heterocycles. The minimum atomic E-state index is -3.49. The van der Waals surface area contributed by atoms with Gasteiger partial charge in [0.05, 0.1) is 13.2 Å². The Labute approximate surface area is 172 Å². The molecule has 0 spiro atoms. The summed E-state index contributed by atoms with van der Waals surface area (Å²) in [5.41, 5.74) is 1.37. The molecule has 29 heavy (non-hydrogen) atoms. The van der Waals surface area contributed by atoms with E-state index in [0.717, 1.165) is 45.0 Å². The number of ether oxygens (including phenoxy) is 1. The van der Waals surface area contributed by atoms with Crippen LogP contribution in [0.25, 0.3) is 0 Å². The van der Waals surface area contributed by atoms with Crippen LogP contribution < -0.4 is 4.90 Å². The standard InChI is InChI=1S/C21H28N4O3S/c26-29(27,25-14-16-28-17-15-25)20-6-7-21(22-18-20)24-12-10-23(11-13-24)9-8-19-4-2-1-3-5-19/h1-7,18H,8-17H2. The number of sulfonamides is 1. The van der Waals surface area contributed by atoms with E-state index >= 15 is 0 Å². The summed E-state index contributed by atoms with van der Waals surface area (Å²) in [4.78, 5) is 9.41. The van der Waals surface area contributed by atoms with Crippen LogP contribution in [0.3, 0.4) is 0 Å². The lowest BCUT2D eigenvalue weighted by Crippen LogP contribution is -2.47. The van der Waals surface area contributed by atoms with Gasteiger partial charge in [0.15, 0.2) is 0 Å². The lowest BCUT2D eigenvalue weighted by Gasteiger charge is -2.35. The molecule has 2 fully saturated rings. The maximum atomic E-state index is 12.7. The van der Waals surface area contributed by atoms with E-state index in [1.54, 1.807) is 6.07 Å². The highest BCUT2D eigenvalue weighted by Gasteiger charge is 2.27. The molecule has 0 unspecified atom stereocenters. The van der Waals surface area contributed by atoms with E-state index in [9.17, 15) is 8.42 Å². The van der Waals surface area contributed by atoms with Gasteiger partial charge in [0.2, 0.25) is 10.0 Å². The second kappa shape index (κ2) is 9.21. The van der Waals surface area contributed by atoms with Gasteiger partial charge in [0.1, 0.15) is 10.7 Å². The molecule has 2 saturated heterocycles. The van der Waals surface area contributed by atoms with Gasteiger partial charge < -0.3 is 9.64 Å². The second-order valence-electron chi connectivity index (χ2n) is 7.43. The first-order chi connectivity index (χ1) is 14.1. The number of piperazine rings is 1. The Morgan fingerprint density at radius 2 is 1.62 bits per heavy atom. The molecule has 7 nitrogen and oxygen atoms in total. The lowest BCUT2D eigenvalue weighted by atomic mass is 10.1. The topological polar surface area (TPSA) is 66.0 Å². The van der Waals surface area contributed by atoms with Gasteiger partial charge in [-0.15, -0.1) is 0 Å². The fraction of sp³-hybridized carbons (Fsp3) is 0.476. The molecular weight excluding hydrogens is 388 g/mol. The van der Waals surface area contributed by atoms with Crippen molar-refractivity contribution in [2.45, 2.75) is 11.3 Å². The molecule has 4 rings (SSSR count). The summed E-state index contributed by atoms with van der Waals surface area (Å²) in [7, 11) is -3.49. The third-order valence-electron chi connectivity index (χ3n) is 5.58. The summed E-state index contributed by atoms with van der Waals surface area (Å²) >= 11 is 0. The summed E-state index contributed by atoms with van der Waals surface area (Å²) < 4.78 is 32.2. The number of pyridine rings is 1. The van der Waals surface area contributed by atoms with Gasteiger partial charge in [-0.3, -0.25) is 4.90 Å². The monoisotopic (exact) mass is 416 g/mol. The fourth-order valence-electron chi connectivity index (χ4n) is 3.78. The summed E-state index contributed by atoms with van der Waals surface area (Å²) in [6.45, 7) is 6.52. The maximum absolute atomic E-state index is 12.7. The molecule has 0 radical (unpaired) electrons. The van der Waals surface area contributed by atoms with Gasteiger partial charge in [-0.05, 0) is 24.1 Å². The Bertz CT molecular complexity index is 876. The number of anilines is 1. The number of nitrogens with zero attached hydrogens (tertiary/aromatic N) is 4. The molecule has 0 saturated carbocycles. The van der Waals surface area contributed by atoms with Crippen LogP contribution in [-0.2, 0) is 21.2 Å². The Hall–Kier alpha value is -2.00. The molecule has 0 atom stereocenters. The summed E-state index contributed by atoms with van der Waals surface area (Å²) in [6, 6.07) is 14.1. The van der Waals surface area contributed by atoms with Crippen molar-refractivity contribution < 1.29 is 13.2 Å². The minimum Gasteiger partial charge on any atom is -0.379 e. The van der Waals surface area contributed by atoms with E-state index in [1.807, 2.05) is 12.1 Å². The average molecular weight is 417 g/mol. The first kappa shape index (κ1) is 20.3. The smallest absolute Gasteiger partial charge is 0.244 e. The molecular formula is C21H28N4O3S. The molecule has 3 heterocycles. The number of aromatic nitrogens is 1. The first-order valence-electron chi connectivity index (χ1n) is 10.2. The molecule has 8 heteroatoms. The molecule has 2 aliphatic rings. The van der Waals surface area contributed by atoms with E-state index in [4.69, 9.17) is 4.74 Å². The minimum absolute atomic E-state index is 0.254. The van der Waals surface area contributed by atoms with Gasteiger partial charge in [-0.2, -0.15) is 4.31 Å². The average Bonchev–Trinajstić information content (AvgIpc) is 2.79. The van der Waals surface area contributed by atoms with Gasteiger partial charge in [0, 0.05) is 52.0 Å². The van der Waals surface area contributed by atoms with Gasteiger partial charge in [0.25, 0.3) is 0 Å². The highest BCUT2D eigenvalue weighted by atomic mass is 32.2. The second-order valence-corrected chi connectivity index (χ2v) is 9.37. The third kappa shape index (κ3) is 4.95. The highest BCUT2D eigenvalue weighted by Crippen LogP contribution is 2.20. The van der Waals surface area contributed by atoms with Crippen LogP contribution in [0.15, 0.2) is 53.6 Å². The van der Waals surface area contributed by atoms with Crippen molar-refractivity contribution in [3.63, 3.8) is 0 Å². The molecule has 1 aromatic carbocycles. The zero-order chi connectivity index (χ0) is 20.1. The Morgan fingerprint density at radius 1 is 0.897 bits per heavy atom. The summed E-state index contributed by atoms with van der Waals surface area (Å²) in [5, 5.41) is 0. The van der Waals surface area contributed by atoms with E-state index in [0.29, 0.717) is 26.3 Å². The fourth-order valence-corrected chi connectivity index (χ4v) is 5.13. The number of rotatable bonds is 6. The SMILES string of the molecule is O=S(=O)(c1ccc(N2CCN(CCc3ccccc3)CC2)nc1)N1CCOCC1. The Balaban J connectivity index is 1.31. The number of benzene rings is 1. The molecule has 156 valence electrons. The zero-order valence-corrected chi connectivity index (χ0v) is 17.4. The van der Waals surface area contributed by atoms with Crippen molar-refractivity contribution in [1.29, 1.82) is 0 Å². The quantitative estimate of drug-likeness (QED) is 0.711. The molecule has 0 N–H and O–H groups in total. The van der Waals surface area contributed by atoms with Gasteiger partial charge in [-0.25, -0.2) is 13.4 Å². The maximum Gasteiger partial charge on any atom is 0.244 e. The molecule has 2 aromatic rings. The predicted molar refractivity (Wildman–Crippen MR) is 113 cm³/mol. The largest absolute Gasteiger partial charge is 0.379 e. The first-order valence-corrected chi connectivity index (χ1v) is 11.6. The third-order valence-corrected chi connectivity index (χ3v) is 7.47. The predicted octanol–water partition coefficient (Wildman–Crippen LogP) is 1.47. The number of morpholine rings is 1. The Kier molecular flexibility index (Phi) is 6.44. The normalized spacial score (nSPS) is 19.4.